The van der Waals surface area contributed by atoms with Crippen molar-refractivity contribution in [1.82, 2.24) is 0 Å². The van der Waals surface area contributed by atoms with Crippen molar-refractivity contribution < 1.29 is 23.8 Å². The molecule has 33 heavy (non-hydrogen) atoms. The van der Waals surface area contributed by atoms with Crippen LogP contribution in [0.4, 0.5) is 17.1 Å². The molecule has 1 N–H and O–H groups in total. The topological polar surface area (TPSA) is 162 Å². The first-order valence-corrected chi connectivity index (χ1v) is 9.34. The number of nitro benzene ring substituents is 2. The molecule has 0 spiro atoms. The van der Waals surface area contributed by atoms with E-state index in [2.05, 4.69) is 5.32 Å². The minimum absolute atomic E-state index is 0.0565. The summed E-state index contributed by atoms with van der Waals surface area (Å²) in [5, 5.41) is 34.0. The molecule has 11 nitrogen and oxygen atoms in total. The van der Waals surface area contributed by atoms with E-state index in [1.54, 1.807) is 25.1 Å². The van der Waals surface area contributed by atoms with Gasteiger partial charge in [0.05, 0.1) is 23.0 Å². The van der Waals surface area contributed by atoms with Gasteiger partial charge in [-0.05, 0) is 42.8 Å². The predicted octanol–water partition coefficient (Wildman–Crippen LogP) is 4.63. The molecule has 0 aliphatic heterocycles. The van der Waals surface area contributed by atoms with Crippen LogP contribution in [0.5, 0.6) is 5.75 Å². The number of carbonyl (C=O) groups excluding carboxylic acids is 1. The molecule has 0 aliphatic carbocycles. The van der Waals surface area contributed by atoms with E-state index in [-0.39, 0.29) is 28.5 Å². The Kier molecular flexibility index (Phi) is 6.49. The Bertz CT molecular complexity index is 1330. The van der Waals surface area contributed by atoms with Crippen LogP contribution in [-0.2, 0) is 4.79 Å². The first-order chi connectivity index (χ1) is 15.7. The Balaban J connectivity index is 1.86. The van der Waals surface area contributed by atoms with Crippen LogP contribution in [0.2, 0.25) is 0 Å². The molecule has 0 radical (unpaired) electrons. The Morgan fingerprint density at radius 1 is 1.12 bits per heavy atom. The van der Waals surface area contributed by atoms with E-state index in [1.807, 2.05) is 0 Å². The van der Waals surface area contributed by atoms with Crippen molar-refractivity contribution >= 4 is 29.0 Å². The second-order valence-corrected chi connectivity index (χ2v) is 6.72. The van der Waals surface area contributed by atoms with Crippen LogP contribution in [0, 0.1) is 38.5 Å². The van der Waals surface area contributed by atoms with Gasteiger partial charge in [0.2, 0.25) is 0 Å². The summed E-state index contributed by atoms with van der Waals surface area (Å²) in [5.74, 6) is -0.0635. The predicted molar refractivity (Wildman–Crippen MR) is 117 cm³/mol. The van der Waals surface area contributed by atoms with Crippen LogP contribution in [0.3, 0.4) is 0 Å². The van der Waals surface area contributed by atoms with E-state index >= 15 is 0 Å². The molecule has 0 saturated carbocycles. The van der Waals surface area contributed by atoms with Gasteiger partial charge in [0.25, 0.3) is 17.3 Å². The largest absolute Gasteiger partial charge is 0.496 e. The summed E-state index contributed by atoms with van der Waals surface area (Å²) in [6.45, 7) is 1.69. The number of aryl methyl sites for hydroxylation is 1. The van der Waals surface area contributed by atoms with E-state index < -0.39 is 21.4 Å². The number of amides is 1. The number of non-ortho nitro benzene ring substituents is 1. The van der Waals surface area contributed by atoms with Gasteiger partial charge in [0.1, 0.15) is 34.6 Å². The lowest BCUT2D eigenvalue weighted by Crippen LogP contribution is -2.14. The van der Waals surface area contributed by atoms with Gasteiger partial charge in [-0.25, -0.2) is 0 Å². The summed E-state index contributed by atoms with van der Waals surface area (Å²) in [7, 11) is 1.35. The molecule has 0 unspecified atom stereocenters. The highest BCUT2D eigenvalue weighted by molar-refractivity contribution is 6.10. The van der Waals surface area contributed by atoms with Crippen molar-refractivity contribution in [3.8, 4) is 23.1 Å². The monoisotopic (exact) mass is 448 g/mol. The van der Waals surface area contributed by atoms with Crippen molar-refractivity contribution in [1.29, 1.82) is 5.26 Å². The zero-order valence-electron chi connectivity index (χ0n) is 17.4. The molecule has 3 aromatic rings. The fourth-order valence-electron chi connectivity index (χ4n) is 2.99. The van der Waals surface area contributed by atoms with Crippen LogP contribution < -0.4 is 10.1 Å². The van der Waals surface area contributed by atoms with E-state index in [0.29, 0.717) is 16.9 Å². The molecule has 0 aliphatic rings. The molecular weight excluding hydrogens is 432 g/mol. The number of nitro groups is 2. The summed E-state index contributed by atoms with van der Waals surface area (Å²) in [4.78, 5) is 33.6. The smallest absolute Gasteiger partial charge is 0.296 e. The van der Waals surface area contributed by atoms with Gasteiger partial charge in [0.15, 0.2) is 0 Å². The summed E-state index contributed by atoms with van der Waals surface area (Å²) in [5.41, 5.74) is 0.319. The van der Waals surface area contributed by atoms with E-state index in [4.69, 9.17) is 9.15 Å². The van der Waals surface area contributed by atoms with E-state index in [1.165, 1.54) is 43.5 Å². The van der Waals surface area contributed by atoms with Gasteiger partial charge in [0, 0.05) is 23.8 Å². The number of hydrogen-bond donors (Lipinski definition) is 1. The number of nitrogens with one attached hydrogen (secondary N) is 1. The van der Waals surface area contributed by atoms with Crippen molar-refractivity contribution in [3.63, 3.8) is 0 Å². The minimum Gasteiger partial charge on any atom is -0.496 e. The number of benzene rings is 2. The SMILES string of the molecule is COc1ccc(NC(=O)/C(C#N)=C/c2ccc(-c3ccc([N+](=O)[O-])cc3C)o2)c([N+](=O)[O-])c1. The van der Waals surface area contributed by atoms with Crippen LogP contribution in [0.15, 0.2) is 58.5 Å². The number of methoxy groups -OCH3 is 1. The summed E-state index contributed by atoms with van der Waals surface area (Å²) >= 11 is 0. The fraction of sp³-hybridized carbons (Fsp3) is 0.0909. The fourth-order valence-corrected chi connectivity index (χ4v) is 2.99. The summed E-state index contributed by atoms with van der Waals surface area (Å²) in [6, 6.07) is 13.0. The molecule has 1 aromatic heterocycles. The third-order valence-electron chi connectivity index (χ3n) is 4.61. The Hall–Kier alpha value is -4.98. The maximum Gasteiger partial charge on any atom is 0.296 e. The number of nitrogens with zero attached hydrogens (tertiary/aromatic N) is 3. The molecule has 1 amide bonds. The maximum atomic E-state index is 12.5. The minimum atomic E-state index is -0.866. The first-order valence-electron chi connectivity index (χ1n) is 9.34. The lowest BCUT2D eigenvalue weighted by molar-refractivity contribution is -0.384. The number of carbonyl (C=O) groups is 1. The van der Waals surface area contributed by atoms with Crippen molar-refractivity contribution in [2.45, 2.75) is 6.92 Å². The standard InChI is InChI=1S/C22H16N4O7/c1-13-9-15(25(28)29)3-6-18(13)21-8-5-17(33-21)10-14(12-23)22(27)24-19-7-4-16(32-2)11-20(19)26(30)31/h3-11H,1-2H3,(H,24,27)/b14-10+. The Labute approximate surface area is 186 Å². The lowest BCUT2D eigenvalue weighted by atomic mass is 10.1. The van der Waals surface area contributed by atoms with Gasteiger partial charge < -0.3 is 14.5 Å². The number of hydrogen-bond acceptors (Lipinski definition) is 8. The number of rotatable bonds is 7. The van der Waals surface area contributed by atoms with E-state index in [9.17, 15) is 30.3 Å². The number of anilines is 1. The average Bonchev–Trinajstić information content (AvgIpc) is 3.25. The molecule has 3 rings (SSSR count). The molecule has 0 saturated heterocycles. The highest BCUT2D eigenvalue weighted by Gasteiger charge is 2.20. The highest BCUT2D eigenvalue weighted by Crippen LogP contribution is 2.31. The molecule has 0 atom stereocenters. The van der Waals surface area contributed by atoms with Gasteiger partial charge in [-0.2, -0.15) is 5.26 Å². The number of nitriles is 1. The van der Waals surface area contributed by atoms with Crippen LogP contribution >= 0.6 is 0 Å². The summed E-state index contributed by atoms with van der Waals surface area (Å²) in [6.07, 6.45) is 1.19. The number of ether oxygens (including phenoxy) is 1. The average molecular weight is 448 g/mol. The molecular formula is C22H16N4O7. The quantitative estimate of drug-likeness (QED) is 0.237. The van der Waals surface area contributed by atoms with Gasteiger partial charge in [-0.15, -0.1) is 0 Å². The van der Waals surface area contributed by atoms with Crippen LogP contribution in [-0.4, -0.2) is 22.9 Å². The normalized spacial score (nSPS) is 10.9. The molecule has 0 bridgehead atoms. The van der Waals surface area contributed by atoms with Gasteiger partial charge >= 0.3 is 0 Å². The Morgan fingerprint density at radius 3 is 2.48 bits per heavy atom. The molecule has 0 fully saturated rings. The van der Waals surface area contributed by atoms with Gasteiger partial charge in [-0.3, -0.25) is 25.0 Å². The second kappa shape index (κ2) is 9.44. The highest BCUT2D eigenvalue weighted by atomic mass is 16.6. The molecule has 1 heterocycles. The zero-order chi connectivity index (χ0) is 24.1. The number of furan rings is 1. The molecule has 2 aromatic carbocycles. The van der Waals surface area contributed by atoms with Crippen LogP contribution in [0.25, 0.3) is 17.4 Å². The maximum absolute atomic E-state index is 12.5. The van der Waals surface area contributed by atoms with Crippen LogP contribution in [0.1, 0.15) is 11.3 Å². The van der Waals surface area contributed by atoms with E-state index in [0.717, 1.165) is 6.07 Å². The third-order valence-corrected chi connectivity index (χ3v) is 4.61. The van der Waals surface area contributed by atoms with Gasteiger partial charge in [-0.1, -0.05) is 0 Å². The van der Waals surface area contributed by atoms with Crippen molar-refractivity contribution in [2.75, 3.05) is 12.4 Å². The molecule has 11 heteroatoms. The summed E-state index contributed by atoms with van der Waals surface area (Å²) < 4.78 is 10.6. The third kappa shape index (κ3) is 5.02. The Morgan fingerprint density at radius 2 is 1.88 bits per heavy atom. The molecule has 166 valence electrons. The zero-order valence-corrected chi connectivity index (χ0v) is 17.4. The lowest BCUT2D eigenvalue weighted by Gasteiger charge is -2.07. The van der Waals surface area contributed by atoms with Crippen molar-refractivity contribution in [2.24, 2.45) is 0 Å². The second-order valence-electron chi connectivity index (χ2n) is 6.72. The van der Waals surface area contributed by atoms with Crippen molar-refractivity contribution in [3.05, 3.63) is 85.7 Å². The first kappa shape index (κ1) is 22.7.